The number of aromatic amines is 1. The smallest absolute Gasteiger partial charge is 0.350 e. The lowest BCUT2D eigenvalue weighted by Gasteiger charge is -2.21. The number of H-pyrrole nitrogens is 1. The first kappa shape index (κ1) is 15.8. The van der Waals surface area contributed by atoms with Crippen molar-refractivity contribution in [1.82, 2.24) is 9.97 Å². The van der Waals surface area contributed by atoms with Crippen molar-refractivity contribution in [3.63, 3.8) is 0 Å². The minimum atomic E-state index is -4.15. The number of nitrogens with one attached hydrogen (secondary N) is 2. The Bertz CT molecular complexity index is 614. The van der Waals surface area contributed by atoms with Crippen LogP contribution in [0.1, 0.15) is 6.92 Å². The van der Waals surface area contributed by atoms with Gasteiger partial charge in [-0.3, -0.25) is 14.3 Å². The first-order valence-electron chi connectivity index (χ1n) is 6.27. The SMILES string of the molecule is C[C@H](COCP(=O)(O)O)CN1CNc2c1nc(N)[nH]c2=O. The van der Waals surface area contributed by atoms with Gasteiger partial charge in [0.2, 0.25) is 5.95 Å². The molecule has 0 fully saturated rings. The zero-order valence-corrected chi connectivity index (χ0v) is 12.3. The maximum atomic E-state index is 11.7. The molecule has 1 aromatic heterocycles. The van der Waals surface area contributed by atoms with E-state index in [4.69, 9.17) is 20.3 Å². The van der Waals surface area contributed by atoms with E-state index in [9.17, 15) is 9.36 Å². The fourth-order valence-corrected chi connectivity index (χ4v) is 2.41. The molecule has 0 saturated carbocycles. The van der Waals surface area contributed by atoms with E-state index in [-0.39, 0.29) is 24.0 Å². The standard InChI is InChI=1S/C10H18N5O5P/c1-6(3-20-5-21(17,18)19)2-15-4-12-7-8(15)13-10(11)14-9(7)16/h6,12H,2-5H2,1H3,(H2,17,18,19)(H3,11,13,14,16)/t6-/m0/s1. The largest absolute Gasteiger partial charge is 0.369 e. The van der Waals surface area contributed by atoms with Crippen LogP contribution in [0.3, 0.4) is 0 Å². The van der Waals surface area contributed by atoms with E-state index in [1.54, 1.807) is 0 Å². The summed E-state index contributed by atoms with van der Waals surface area (Å²) in [5, 5.41) is 2.93. The molecule has 1 aromatic rings. The Labute approximate surface area is 120 Å². The summed E-state index contributed by atoms with van der Waals surface area (Å²) in [6.07, 6.45) is -0.600. The molecule has 0 bridgehead atoms. The van der Waals surface area contributed by atoms with Crippen LogP contribution in [-0.4, -0.2) is 45.9 Å². The van der Waals surface area contributed by atoms with Crippen LogP contribution in [0.2, 0.25) is 0 Å². The Morgan fingerprint density at radius 2 is 2.29 bits per heavy atom. The number of nitrogen functional groups attached to an aromatic ring is 1. The quantitative estimate of drug-likeness (QED) is 0.429. The molecule has 1 aliphatic heterocycles. The molecule has 0 unspecified atom stereocenters. The van der Waals surface area contributed by atoms with E-state index in [1.807, 2.05) is 11.8 Å². The first-order valence-corrected chi connectivity index (χ1v) is 8.07. The molecular formula is C10H18N5O5P. The van der Waals surface area contributed by atoms with Crippen molar-refractivity contribution in [2.24, 2.45) is 5.92 Å². The molecule has 0 aromatic carbocycles. The van der Waals surface area contributed by atoms with Gasteiger partial charge in [-0.2, -0.15) is 4.98 Å². The highest BCUT2D eigenvalue weighted by molar-refractivity contribution is 7.51. The highest BCUT2D eigenvalue weighted by Crippen LogP contribution is 2.34. The maximum absolute atomic E-state index is 11.7. The summed E-state index contributed by atoms with van der Waals surface area (Å²) >= 11 is 0. The van der Waals surface area contributed by atoms with Crippen molar-refractivity contribution < 1.29 is 19.1 Å². The van der Waals surface area contributed by atoms with Crippen molar-refractivity contribution in [3.05, 3.63) is 10.4 Å². The number of nitrogens with zero attached hydrogens (tertiary/aromatic N) is 2. The molecule has 11 heteroatoms. The van der Waals surface area contributed by atoms with Gasteiger partial charge in [-0.15, -0.1) is 0 Å². The van der Waals surface area contributed by atoms with Gasteiger partial charge in [0, 0.05) is 6.54 Å². The predicted octanol–water partition coefficient (Wildman–Crippen LogP) is -0.671. The summed E-state index contributed by atoms with van der Waals surface area (Å²) in [4.78, 5) is 37.4. The fraction of sp³-hybridized carbons (Fsp3) is 0.600. The van der Waals surface area contributed by atoms with Crippen LogP contribution in [0.4, 0.5) is 17.5 Å². The second-order valence-electron chi connectivity index (χ2n) is 4.98. The third-order valence-electron chi connectivity index (χ3n) is 2.86. The van der Waals surface area contributed by atoms with Gasteiger partial charge in [-0.05, 0) is 5.92 Å². The minimum Gasteiger partial charge on any atom is -0.369 e. The van der Waals surface area contributed by atoms with Gasteiger partial charge in [0.05, 0.1) is 13.3 Å². The Morgan fingerprint density at radius 3 is 2.95 bits per heavy atom. The summed E-state index contributed by atoms with van der Waals surface area (Å²) in [7, 11) is -4.15. The highest BCUT2D eigenvalue weighted by atomic mass is 31.2. The summed E-state index contributed by atoms with van der Waals surface area (Å²) in [6, 6.07) is 0. The summed E-state index contributed by atoms with van der Waals surface area (Å²) < 4.78 is 15.7. The van der Waals surface area contributed by atoms with Gasteiger partial charge in [-0.25, -0.2) is 0 Å². The number of hydrogen-bond donors (Lipinski definition) is 5. The number of rotatable bonds is 6. The molecule has 2 rings (SSSR count). The van der Waals surface area contributed by atoms with E-state index in [2.05, 4.69) is 15.3 Å². The molecular weight excluding hydrogens is 301 g/mol. The van der Waals surface area contributed by atoms with Crippen LogP contribution in [0.5, 0.6) is 0 Å². The Morgan fingerprint density at radius 1 is 1.57 bits per heavy atom. The molecule has 2 heterocycles. The molecule has 1 aliphatic rings. The maximum Gasteiger partial charge on any atom is 0.350 e. The number of nitrogens with two attached hydrogens (primary N) is 1. The number of aromatic nitrogens is 2. The van der Waals surface area contributed by atoms with Gasteiger partial charge in [0.15, 0.2) is 5.82 Å². The predicted molar refractivity (Wildman–Crippen MR) is 77.1 cm³/mol. The number of hydrogen-bond acceptors (Lipinski definition) is 7. The van der Waals surface area contributed by atoms with E-state index < -0.39 is 13.9 Å². The highest BCUT2D eigenvalue weighted by Gasteiger charge is 2.25. The van der Waals surface area contributed by atoms with E-state index >= 15 is 0 Å². The number of anilines is 3. The minimum absolute atomic E-state index is 0.00777. The van der Waals surface area contributed by atoms with Gasteiger partial charge in [0.25, 0.3) is 5.56 Å². The lowest BCUT2D eigenvalue weighted by atomic mass is 10.2. The average molecular weight is 319 g/mol. The molecule has 0 saturated heterocycles. The van der Waals surface area contributed by atoms with E-state index in [0.717, 1.165) is 0 Å². The van der Waals surface area contributed by atoms with Crippen LogP contribution in [0.15, 0.2) is 4.79 Å². The molecule has 118 valence electrons. The second-order valence-corrected chi connectivity index (χ2v) is 6.56. The Hall–Kier alpha value is -1.61. The van der Waals surface area contributed by atoms with E-state index in [1.165, 1.54) is 0 Å². The van der Waals surface area contributed by atoms with Crippen LogP contribution >= 0.6 is 7.60 Å². The summed E-state index contributed by atoms with van der Waals surface area (Å²) in [5.41, 5.74) is 5.56. The third kappa shape index (κ3) is 4.18. The normalized spacial score (nSPS) is 15.7. The van der Waals surface area contributed by atoms with Crippen LogP contribution in [-0.2, 0) is 9.30 Å². The topological polar surface area (TPSA) is 154 Å². The molecule has 21 heavy (non-hydrogen) atoms. The van der Waals surface area contributed by atoms with Crippen LogP contribution in [0.25, 0.3) is 0 Å². The summed E-state index contributed by atoms with van der Waals surface area (Å²) in [5.74, 6) is 0.502. The molecule has 0 amide bonds. The first-order chi connectivity index (χ1) is 9.76. The van der Waals surface area contributed by atoms with Crippen molar-refractivity contribution in [2.45, 2.75) is 6.92 Å². The second kappa shape index (κ2) is 6.02. The Kier molecular flexibility index (Phi) is 4.52. The molecule has 0 spiro atoms. The van der Waals surface area contributed by atoms with Crippen molar-refractivity contribution >= 4 is 25.0 Å². The van der Waals surface area contributed by atoms with Gasteiger partial charge in [0.1, 0.15) is 12.0 Å². The van der Waals surface area contributed by atoms with Crippen LogP contribution < -0.4 is 21.5 Å². The zero-order chi connectivity index (χ0) is 15.6. The van der Waals surface area contributed by atoms with E-state index in [0.29, 0.717) is 24.7 Å². The summed E-state index contributed by atoms with van der Waals surface area (Å²) in [6.45, 7) is 2.98. The monoisotopic (exact) mass is 319 g/mol. The zero-order valence-electron chi connectivity index (χ0n) is 11.4. The Balaban J connectivity index is 1.94. The van der Waals surface area contributed by atoms with Gasteiger partial charge < -0.3 is 30.5 Å². The van der Waals surface area contributed by atoms with Gasteiger partial charge in [-0.1, -0.05) is 6.92 Å². The lowest BCUT2D eigenvalue weighted by molar-refractivity contribution is 0.128. The van der Waals surface area contributed by atoms with Crippen LogP contribution in [0, 0.1) is 5.92 Å². The average Bonchev–Trinajstić information content (AvgIpc) is 2.71. The third-order valence-corrected chi connectivity index (χ3v) is 3.38. The van der Waals surface area contributed by atoms with Crippen molar-refractivity contribution in [1.29, 1.82) is 0 Å². The van der Waals surface area contributed by atoms with Crippen molar-refractivity contribution in [2.75, 3.05) is 42.1 Å². The fourth-order valence-electron chi connectivity index (χ4n) is 2.07. The van der Waals surface area contributed by atoms with Gasteiger partial charge >= 0.3 is 7.60 Å². The lowest BCUT2D eigenvalue weighted by Crippen LogP contribution is -2.30. The molecule has 0 aliphatic carbocycles. The molecule has 10 nitrogen and oxygen atoms in total. The molecule has 6 N–H and O–H groups in total. The number of ether oxygens (including phenoxy) is 1. The number of fused-ring (bicyclic) bond motifs is 1. The molecule has 1 atom stereocenters. The van der Waals surface area contributed by atoms with Crippen molar-refractivity contribution in [3.8, 4) is 0 Å². The molecule has 0 radical (unpaired) electrons.